The highest BCUT2D eigenvalue weighted by Crippen LogP contribution is 2.12. The van der Waals surface area contributed by atoms with Crippen molar-refractivity contribution in [1.29, 1.82) is 0 Å². The van der Waals surface area contributed by atoms with Crippen LogP contribution in [0.4, 0.5) is 0 Å². The smallest absolute Gasteiger partial charge is 0.217 e. The number of hydrogen-bond acceptors (Lipinski definition) is 6. The van der Waals surface area contributed by atoms with Gasteiger partial charge in [0.25, 0.3) is 0 Å². The minimum Gasteiger partial charge on any atom is -0.472 e. The first-order valence-corrected chi connectivity index (χ1v) is 6.84. The molecule has 1 aromatic rings. The van der Waals surface area contributed by atoms with Crippen LogP contribution in [0.3, 0.4) is 0 Å². The number of aromatic nitrogens is 1. The zero-order chi connectivity index (χ0) is 14.1. The second-order valence-electron chi connectivity index (χ2n) is 3.68. The van der Waals surface area contributed by atoms with E-state index in [0.717, 1.165) is 8.35 Å². The Morgan fingerprint density at radius 1 is 1.16 bits per heavy atom. The Bertz CT molecular complexity index is 328. The Hall–Kier alpha value is -0.780. The Kier molecular flexibility index (Phi) is 7.86. The van der Waals surface area contributed by atoms with E-state index in [9.17, 15) is 0 Å². The first-order chi connectivity index (χ1) is 9.15. The molecule has 2 atom stereocenters. The molecule has 0 amide bonds. The number of rotatable bonds is 9. The van der Waals surface area contributed by atoms with Gasteiger partial charge in [-0.3, -0.25) is 0 Å². The van der Waals surface area contributed by atoms with Gasteiger partial charge in [-0.2, -0.15) is 4.75 Å². The van der Waals surface area contributed by atoms with Crippen LogP contribution in [0.25, 0.3) is 0 Å². The standard InChI is InChI=1S/C12H20NO5P/c1-9(14-3)17-12(18-10(2)15-4)8-16-11-6-5-7-19-13-11/h5-7,9-10,12H,8H2,1-4H3. The summed E-state index contributed by atoms with van der Waals surface area (Å²) in [5.41, 5.74) is 0. The van der Waals surface area contributed by atoms with Crippen LogP contribution in [0.15, 0.2) is 17.9 Å². The van der Waals surface area contributed by atoms with Crippen LogP contribution in [0, 0.1) is 0 Å². The van der Waals surface area contributed by atoms with Gasteiger partial charge in [-0.1, -0.05) is 6.07 Å². The molecule has 0 aromatic carbocycles. The van der Waals surface area contributed by atoms with Crippen molar-refractivity contribution in [3.05, 3.63) is 17.9 Å². The Morgan fingerprint density at radius 3 is 2.26 bits per heavy atom. The lowest BCUT2D eigenvalue weighted by atomic mass is 10.6. The lowest BCUT2D eigenvalue weighted by Crippen LogP contribution is -2.33. The highest BCUT2D eigenvalue weighted by molar-refractivity contribution is 7.24. The minimum atomic E-state index is -0.594. The predicted octanol–water partition coefficient (Wildman–Crippen LogP) is 2.38. The van der Waals surface area contributed by atoms with E-state index < -0.39 is 18.9 Å². The van der Waals surface area contributed by atoms with Gasteiger partial charge < -0.3 is 23.7 Å². The molecule has 7 heteroatoms. The Balaban J connectivity index is 2.48. The normalized spacial score (nSPS) is 16.2. The second-order valence-corrected chi connectivity index (χ2v) is 4.41. The molecule has 1 aromatic heterocycles. The molecule has 108 valence electrons. The molecule has 0 spiro atoms. The van der Waals surface area contributed by atoms with E-state index in [0.29, 0.717) is 5.88 Å². The Labute approximate surface area is 115 Å². The van der Waals surface area contributed by atoms with Gasteiger partial charge in [0, 0.05) is 28.6 Å². The second kappa shape index (κ2) is 9.18. The summed E-state index contributed by atoms with van der Waals surface area (Å²) >= 11 is 0. The summed E-state index contributed by atoms with van der Waals surface area (Å²) in [6.45, 7) is 3.76. The van der Waals surface area contributed by atoms with Crippen LogP contribution in [-0.4, -0.2) is 44.4 Å². The summed E-state index contributed by atoms with van der Waals surface area (Å²) in [5, 5.41) is 0. The fourth-order valence-corrected chi connectivity index (χ4v) is 1.63. The van der Waals surface area contributed by atoms with Crippen LogP contribution in [0.1, 0.15) is 13.8 Å². The van der Waals surface area contributed by atoms with Crippen molar-refractivity contribution in [2.24, 2.45) is 0 Å². The third-order valence-electron chi connectivity index (χ3n) is 2.27. The molecule has 19 heavy (non-hydrogen) atoms. The lowest BCUT2D eigenvalue weighted by Gasteiger charge is -2.24. The lowest BCUT2D eigenvalue weighted by molar-refractivity contribution is -0.284. The first kappa shape index (κ1) is 16.3. The molecule has 0 aliphatic rings. The number of methoxy groups -OCH3 is 2. The molecule has 0 aliphatic heterocycles. The third-order valence-corrected chi connectivity index (χ3v) is 2.88. The van der Waals surface area contributed by atoms with E-state index in [1.807, 2.05) is 11.9 Å². The van der Waals surface area contributed by atoms with Gasteiger partial charge in [-0.25, -0.2) is 0 Å². The van der Waals surface area contributed by atoms with E-state index in [2.05, 4.69) is 4.75 Å². The molecule has 2 unspecified atom stereocenters. The molecule has 0 aliphatic carbocycles. The number of ether oxygens (including phenoxy) is 5. The molecule has 0 saturated carbocycles. The fourth-order valence-electron chi connectivity index (χ4n) is 1.17. The molecule has 1 heterocycles. The predicted molar refractivity (Wildman–Crippen MR) is 71.1 cm³/mol. The van der Waals surface area contributed by atoms with E-state index >= 15 is 0 Å². The third kappa shape index (κ3) is 6.80. The van der Waals surface area contributed by atoms with Crippen LogP contribution in [-0.2, 0) is 18.9 Å². The van der Waals surface area contributed by atoms with Crippen molar-refractivity contribution in [2.75, 3.05) is 20.8 Å². The maximum absolute atomic E-state index is 5.52. The summed E-state index contributed by atoms with van der Waals surface area (Å²) in [5.74, 6) is 2.47. The molecular formula is C12H20NO5P. The summed E-state index contributed by atoms with van der Waals surface area (Å²) in [6, 6.07) is 3.67. The van der Waals surface area contributed by atoms with Crippen LogP contribution in [0.2, 0.25) is 0 Å². The van der Waals surface area contributed by atoms with Crippen LogP contribution < -0.4 is 4.74 Å². The summed E-state index contributed by atoms with van der Waals surface area (Å²) in [6.07, 6.45) is -1.38. The highest BCUT2D eigenvalue weighted by atomic mass is 31.0. The van der Waals surface area contributed by atoms with Crippen molar-refractivity contribution in [3.63, 3.8) is 0 Å². The maximum Gasteiger partial charge on any atom is 0.217 e. The van der Waals surface area contributed by atoms with Gasteiger partial charge in [0.05, 0.1) is 0 Å². The molecule has 0 N–H and O–H groups in total. The SMILES string of the molecule is COC(C)OC(COc1cccpn1)OC(C)OC. The van der Waals surface area contributed by atoms with Gasteiger partial charge in [-0.15, -0.1) is 0 Å². The molecule has 6 nitrogen and oxygen atoms in total. The van der Waals surface area contributed by atoms with Gasteiger partial charge in [0.1, 0.15) is 6.61 Å². The average Bonchev–Trinajstić information content (AvgIpc) is 2.45. The maximum atomic E-state index is 5.52. The zero-order valence-electron chi connectivity index (χ0n) is 11.6. The van der Waals surface area contributed by atoms with Crippen molar-refractivity contribution < 1.29 is 23.7 Å². The number of hydrogen-bond donors (Lipinski definition) is 0. The minimum absolute atomic E-state index is 0.208. The molecule has 0 bridgehead atoms. The number of nitrogens with zero attached hydrogens (tertiary/aromatic N) is 1. The summed E-state index contributed by atoms with van der Waals surface area (Å²) in [7, 11) is 3.98. The van der Waals surface area contributed by atoms with Crippen molar-refractivity contribution in [3.8, 4) is 5.88 Å². The monoisotopic (exact) mass is 289 g/mol. The van der Waals surface area contributed by atoms with Crippen LogP contribution in [0.5, 0.6) is 5.88 Å². The molecular weight excluding hydrogens is 269 g/mol. The molecule has 0 saturated heterocycles. The van der Waals surface area contributed by atoms with E-state index in [4.69, 9.17) is 23.7 Å². The van der Waals surface area contributed by atoms with Crippen LogP contribution >= 0.6 is 8.35 Å². The van der Waals surface area contributed by atoms with Gasteiger partial charge in [0.2, 0.25) is 5.88 Å². The molecule has 1 rings (SSSR count). The van der Waals surface area contributed by atoms with Gasteiger partial charge in [-0.05, 0) is 19.6 Å². The van der Waals surface area contributed by atoms with Gasteiger partial charge >= 0.3 is 0 Å². The van der Waals surface area contributed by atoms with Crippen molar-refractivity contribution in [1.82, 2.24) is 4.75 Å². The quantitative estimate of drug-likeness (QED) is 0.651. The van der Waals surface area contributed by atoms with E-state index in [1.165, 1.54) is 0 Å². The fraction of sp³-hybridized carbons (Fsp3) is 0.667. The highest BCUT2D eigenvalue weighted by Gasteiger charge is 2.18. The zero-order valence-corrected chi connectivity index (χ0v) is 12.5. The van der Waals surface area contributed by atoms with E-state index in [-0.39, 0.29) is 6.61 Å². The summed E-state index contributed by atoms with van der Waals surface area (Å²) < 4.78 is 30.8. The topological polar surface area (TPSA) is 59.0 Å². The average molecular weight is 289 g/mol. The Morgan fingerprint density at radius 2 is 1.79 bits per heavy atom. The summed E-state index contributed by atoms with van der Waals surface area (Å²) in [4.78, 5) is 0. The van der Waals surface area contributed by atoms with Crippen molar-refractivity contribution >= 4 is 8.35 Å². The molecule has 0 fully saturated rings. The largest absolute Gasteiger partial charge is 0.472 e. The van der Waals surface area contributed by atoms with Gasteiger partial charge in [0.15, 0.2) is 18.9 Å². The van der Waals surface area contributed by atoms with E-state index in [1.54, 1.807) is 34.1 Å². The van der Waals surface area contributed by atoms with Crippen molar-refractivity contribution in [2.45, 2.75) is 32.7 Å². The first-order valence-electron chi connectivity index (χ1n) is 5.92. The molecule has 0 radical (unpaired) electrons.